The first-order chi connectivity index (χ1) is 5.52. The summed E-state index contributed by atoms with van der Waals surface area (Å²) in [6, 6.07) is 0. The van der Waals surface area contributed by atoms with E-state index in [1.807, 2.05) is 0 Å². The van der Waals surface area contributed by atoms with Crippen LogP contribution in [0.2, 0.25) is 0 Å². The lowest BCUT2D eigenvalue weighted by atomic mass is 10.3. The highest BCUT2D eigenvalue weighted by atomic mass is 32.2. The highest BCUT2D eigenvalue weighted by Crippen LogP contribution is 2.12. The zero-order chi connectivity index (χ0) is 9.19. The molecule has 0 saturated carbocycles. The summed E-state index contributed by atoms with van der Waals surface area (Å²) in [7, 11) is -3.11. The van der Waals surface area contributed by atoms with Gasteiger partial charge in [-0.3, -0.25) is 4.79 Å². The summed E-state index contributed by atoms with van der Waals surface area (Å²) >= 11 is 0. The first-order valence-corrected chi connectivity index (χ1v) is 5.60. The standard InChI is InChI=1S/C7H13NO3S/c1-7(9)6-8-4-2-3-5-12(8,10)11/h2-6H2,1H3. The second kappa shape index (κ2) is 3.53. The monoisotopic (exact) mass is 191 g/mol. The Kier molecular flexibility index (Phi) is 2.85. The van der Waals surface area contributed by atoms with E-state index in [2.05, 4.69) is 0 Å². The number of carbonyl (C=O) groups is 1. The van der Waals surface area contributed by atoms with Crippen molar-refractivity contribution in [2.75, 3.05) is 18.8 Å². The highest BCUT2D eigenvalue weighted by Gasteiger charge is 2.26. The maximum atomic E-state index is 11.3. The zero-order valence-corrected chi connectivity index (χ0v) is 7.93. The molecule has 0 amide bonds. The van der Waals surface area contributed by atoms with Crippen molar-refractivity contribution in [3.05, 3.63) is 0 Å². The van der Waals surface area contributed by atoms with Crippen LogP contribution in [-0.2, 0) is 14.8 Å². The van der Waals surface area contributed by atoms with Gasteiger partial charge in [-0.15, -0.1) is 0 Å². The molecule has 0 atom stereocenters. The van der Waals surface area contributed by atoms with Crippen molar-refractivity contribution < 1.29 is 13.2 Å². The lowest BCUT2D eigenvalue weighted by Gasteiger charge is -2.24. The fourth-order valence-electron chi connectivity index (χ4n) is 1.27. The minimum Gasteiger partial charge on any atom is -0.299 e. The molecular formula is C7H13NO3S. The lowest BCUT2D eigenvalue weighted by Crippen LogP contribution is -2.40. The Balaban J connectivity index is 2.67. The molecule has 1 rings (SSSR count). The number of carbonyl (C=O) groups excluding carboxylic acids is 1. The minimum atomic E-state index is -3.11. The van der Waals surface area contributed by atoms with E-state index in [4.69, 9.17) is 0 Å². The summed E-state index contributed by atoms with van der Waals surface area (Å²) in [5.41, 5.74) is 0. The van der Waals surface area contributed by atoms with E-state index in [-0.39, 0.29) is 18.1 Å². The molecule has 1 heterocycles. The van der Waals surface area contributed by atoms with Crippen LogP contribution in [0.1, 0.15) is 19.8 Å². The molecule has 4 nitrogen and oxygen atoms in total. The van der Waals surface area contributed by atoms with Crippen molar-refractivity contribution in [3.63, 3.8) is 0 Å². The van der Waals surface area contributed by atoms with Gasteiger partial charge in [-0.1, -0.05) is 0 Å². The molecular weight excluding hydrogens is 178 g/mol. The summed E-state index contributed by atoms with van der Waals surface area (Å²) < 4.78 is 23.9. The summed E-state index contributed by atoms with van der Waals surface area (Å²) in [5.74, 6) is 0.0979. The molecule has 0 spiro atoms. The van der Waals surface area contributed by atoms with E-state index in [1.165, 1.54) is 11.2 Å². The van der Waals surface area contributed by atoms with Gasteiger partial charge in [-0.2, -0.15) is 4.31 Å². The Morgan fingerprint density at radius 2 is 2.08 bits per heavy atom. The highest BCUT2D eigenvalue weighted by molar-refractivity contribution is 7.89. The van der Waals surface area contributed by atoms with Crippen molar-refractivity contribution in [2.24, 2.45) is 0 Å². The summed E-state index contributed by atoms with van der Waals surface area (Å²) in [6.07, 6.45) is 1.59. The zero-order valence-electron chi connectivity index (χ0n) is 7.12. The first kappa shape index (κ1) is 9.67. The van der Waals surface area contributed by atoms with Gasteiger partial charge in [0.1, 0.15) is 5.78 Å². The van der Waals surface area contributed by atoms with Crippen LogP contribution in [-0.4, -0.2) is 37.3 Å². The van der Waals surface area contributed by atoms with Crippen LogP contribution < -0.4 is 0 Å². The van der Waals surface area contributed by atoms with Crippen molar-refractivity contribution in [3.8, 4) is 0 Å². The smallest absolute Gasteiger partial charge is 0.214 e. The van der Waals surface area contributed by atoms with E-state index >= 15 is 0 Å². The maximum absolute atomic E-state index is 11.3. The van der Waals surface area contributed by atoms with Gasteiger partial charge in [0.2, 0.25) is 10.0 Å². The predicted octanol–water partition coefficient (Wildman–Crippen LogP) is 0.00100. The van der Waals surface area contributed by atoms with Gasteiger partial charge < -0.3 is 0 Å². The van der Waals surface area contributed by atoms with Gasteiger partial charge in [0.15, 0.2) is 0 Å². The van der Waals surface area contributed by atoms with Gasteiger partial charge in [-0.25, -0.2) is 8.42 Å². The third kappa shape index (κ3) is 2.28. The molecule has 1 fully saturated rings. The van der Waals surface area contributed by atoms with Gasteiger partial charge >= 0.3 is 0 Å². The topological polar surface area (TPSA) is 54.5 Å². The number of Topliss-reactive ketones (excluding diaryl/α,β-unsaturated/α-hetero) is 1. The fraction of sp³-hybridized carbons (Fsp3) is 0.857. The van der Waals surface area contributed by atoms with Crippen LogP contribution in [0, 0.1) is 0 Å². The number of rotatable bonds is 2. The Hall–Kier alpha value is -0.420. The summed E-state index contributed by atoms with van der Waals surface area (Å²) in [5, 5.41) is 0. The third-order valence-electron chi connectivity index (χ3n) is 1.85. The van der Waals surface area contributed by atoms with Gasteiger partial charge in [0.05, 0.1) is 12.3 Å². The minimum absolute atomic E-state index is 0.0440. The van der Waals surface area contributed by atoms with Crippen LogP contribution in [0.4, 0.5) is 0 Å². The summed E-state index contributed by atoms with van der Waals surface area (Å²) in [6.45, 7) is 1.95. The van der Waals surface area contributed by atoms with Crippen LogP contribution >= 0.6 is 0 Å². The Bertz CT molecular complexity index is 270. The Morgan fingerprint density at radius 1 is 1.42 bits per heavy atom. The Morgan fingerprint density at radius 3 is 2.58 bits per heavy atom. The largest absolute Gasteiger partial charge is 0.299 e. The molecule has 0 aromatic rings. The first-order valence-electron chi connectivity index (χ1n) is 3.99. The second-order valence-corrected chi connectivity index (χ2v) is 5.15. The van der Waals surface area contributed by atoms with Gasteiger partial charge in [-0.05, 0) is 19.8 Å². The molecule has 0 radical (unpaired) electrons. The van der Waals surface area contributed by atoms with Crippen LogP contribution in [0.3, 0.4) is 0 Å². The van der Waals surface area contributed by atoms with Crippen molar-refractivity contribution in [1.82, 2.24) is 4.31 Å². The van der Waals surface area contributed by atoms with E-state index in [0.717, 1.165) is 12.8 Å². The quantitative estimate of drug-likeness (QED) is 0.617. The number of hydrogen-bond acceptors (Lipinski definition) is 3. The Labute approximate surface area is 72.6 Å². The molecule has 1 saturated heterocycles. The predicted molar refractivity (Wildman–Crippen MR) is 45.3 cm³/mol. The molecule has 12 heavy (non-hydrogen) atoms. The average molecular weight is 191 g/mol. The molecule has 0 unspecified atom stereocenters. The normalized spacial score (nSPS) is 23.8. The lowest BCUT2D eigenvalue weighted by molar-refractivity contribution is -0.117. The number of hydrogen-bond donors (Lipinski definition) is 0. The SMILES string of the molecule is CC(=O)CN1CCCCS1(=O)=O. The molecule has 0 bridgehead atoms. The summed E-state index contributed by atoms with van der Waals surface area (Å²) in [4.78, 5) is 10.7. The van der Waals surface area contributed by atoms with Crippen molar-refractivity contribution in [2.45, 2.75) is 19.8 Å². The number of sulfonamides is 1. The molecule has 0 aromatic carbocycles. The van der Waals surface area contributed by atoms with E-state index in [9.17, 15) is 13.2 Å². The maximum Gasteiger partial charge on any atom is 0.214 e. The number of ketones is 1. The van der Waals surface area contributed by atoms with Crippen LogP contribution in [0.15, 0.2) is 0 Å². The molecule has 0 aromatic heterocycles. The second-order valence-electron chi connectivity index (χ2n) is 3.06. The van der Waals surface area contributed by atoms with Crippen molar-refractivity contribution >= 4 is 15.8 Å². The van der Waals surface area contributed by atoms with E-state index in [1.54, 1.807) is 0 Å². The average Bonchev–Trinajstić information content (AvgIpc) is 1.92. The third-order valence-corrected chi connectivity index (χ3v) is 3.76. The molecule has 70 valence electrons. The number of nitrogens with zero attached hydrogens (tertiary/aromatic N) is 1. The molecule has 0 N–H and O–H groups in total. The molecule has 5 heteroatoms. The van der Waals surface area contributed by atoms with Gasteiger partial charge in [0.25, 0.3) is 0 Å². The van der Waals surface area contributed by atoms with Gasteiger partial charge in [0, 0.05) is 6.54 Å². The molecule has 1 aliphatic rings. The van der Waals surface area contributed by atoms with Crippen LogP contribution in [0.5, 0.6) is 0 Å². The van der Waals surface area contributed by atoms with E-state index < -0.39 is 10.0 Å². The van der Waals surface area contributed by atoms with E-state index in [0.29, 0.717) is 6.54 Å². The van der Waals surface area contributed by atoms with Crippen LogP contribution in [0.25, 0.3) is 0 Å². The molecule has 0 aliphatic carbocycles. The van der Waals surface area contributed by atoms with Crippen molar-refractivity contribution in [1.29, 1.82) is 0 Å². The molecule has 1 aliphatic heterocycles. The fourth-order valence-corrected chi connectivity index (χ4v) is 2.88.